The van der Waals surface area contributed by atoms with Crippen LogP contribution in [0.1, 0.15) is 19.4 Å². The van der Waals surface area contributed by atoms with Crippen molar-refractivity contribution < 1.29 is 14.3 Å². The maximum absolute atomic E-state index is 12.2. The molecule has 0 amide bonds. The molecule has 2 aromatic rings. The molecule has 7 nitrogen and oxygen atoms in total. The smallest absolute Gasteiger partial charge is 0.317 e. The monoisotopic (exact) mass is 368 g/mol. The lowest BCUT2D eigenvalue weighted by Crippen LogP contribution is -2.42. The van der Waals surface area contributed by atoms with Gasteiger partial charge in [-0.2, -0.15) is 0 Å². The average Bonchev–Trinajstić information content (AvgIpc) is 2.45. The first-order valence-electron chi connectivity index (χ1n) is 6.77. The first-order chi connectivity index (χ1) is 10.5. The number of hydrogen-bond acceptors (Lipinski definition) is 5. The molecular weight excluding hydrogens is 356 g/mol. The number of esters is 1. The van der Waals surface area contributed by atoms with Gasteiger partial charge in [-0.15, -0.1) is 0 Å². The zero-order chi connectivity index (χ0) is 15.9. The summed E-state index contributed by atoms with van der Waals surface area (Å²) in [5.74, 6) is 0.0508. The summed E-state index contributed by atoms with van der Waals surface area (Å²) in [6.07, 6.45) is -0.0260. The van der Waals surface area contributed by atoms with Gasteiger partial charge in [0, 0.05) is 4.47 Å². The fourth-order valence-electron chi connectivity index (χ4n) is 2.59. The number of halogens is 1. The highest BCUT2D eigenvalue weighted by Gasteiger charge is 2.28. The SMILES string of the molecule is CCOC(=O)CC1COc2cc(Br)cc3[nH]c(=O)c(=O)n1c23. The summed E-state index contributed by atoms with van der Waals surface area (Å²) < 4.78 is 12.6. The molecule has 0 aliphatic carbocycles. The fraction of sp³-hybridized carbons (Fsp3) is 0.357. The Hall–Kier alpha value is -2.09. The minimum absolute atomic E-state index is 0.0260. The van der Waals surface area contributed by atoms with Crippen molar-refractivity contribution in [1.29, 1.82) is 0 Å². The first kappa shape index (κ1) is 14.8. The summed E-state index contributed by atoms with van der Waals surface area (Å²) in [6, 6.07) is 2.84. The number of carbonyl (C=O) groups excluding carboxylic acids is 1. The Bertz CT molecular complexity index is 870. The zero-order valence-corrected chi connectivity index (χ0v) is 13.3. The van der Waals surface area contributed by atoms with Crippen LogP contribution in [0.15, 0.2) is 26.2 Å². The molecule has 0 saturated heterocycles. The van der Waals surface area contributed by atoms with Crippen LogP contribution in [0.5, 0.6) is 5.75 Å². The van der Waals surface area contributed by atoms with E-state index in [0.29, 0.717) is 16.8 Å². The van der Waals surface area contributed by atoms with Gasteiger partial charge in [0.15, 0.2) is 0 Å². The van der Waals surface area contributed by atoms with Gasteiger partial charge in [0.1, 0.15) is 17.9 Å². The topological polar surface area (TPSA) is 90.4 Å². The number of benzene rings is 1. The number of ether oxygens (including phenoxy) is 2. The molecule has 0 saturated carbocycles. The van der Waals surface area contributed by atoms with E-state index in [0.717, 1.165) is 4.47 Å². The lowest BCUT2D eigenvalue weighted by molar-refractivity contribution is -0.144. The summed E-state index contributed by atoms with van der Waals surface area (Å²) in [5.41, 5.74) is -0.475. The van der Waals surface area contributed by atoms with Crippen LogP contribution in [0.25, 0.3) is 11.0 Å². The van der Waals surface area contributed by atoms with Crippen molar-refractivity contribution in [2.75, 3.05) is 13.2 Å². The minimum Gasteiger partial charge on any atom is -0.489 e. The number of rotatable bonds is 3. The van der Waals surface area contributed by atoms with E-state index in [1.807, 2.05) is 0 Å². The molecule has 0 radical (unpaired) electrons. The van der Waals surface area contributed by atoms with E-state index in [2.05, 4.69) is 20.9 Å². The molecular formula is C14H13BrN2O5. The van der Waals surface area contributed by atoms with Crippen molar-refractivity contribution in [1.82, 2.24) is 9.55 Å². The number of hydrogen-bond donors (Lipinski definition) is 1. The van der Waals surface area contributed by atoms with Gasteiger partial charge in [0.05, 0.1) is 24.6 Å². The van der Waals surface area contributed by atoms with Gasteiger partial charge in [0.25, 0.3) is 0 Å². The summed E-state index contributed by atoms with van der Waals surface area (Å²) in [4.78, 5) is 38.3. The molecule has 1 N–H and O–H groups in total. The second-order valence-electron chi connectivity index (χ2n) is 4.90. The Morgan fingerprint density at radius 3 is 3.00 bits per heavy atom. The summed E-state index contributed by atoms with van der Waals surface area (Å²) >= 11 is 3.33. The van der Waals surface area contributed by atoms with Crippen LogP contribution < -0.4 is 15.9 Å². The number of aromatic nitrogens is 2. The third-order valence-corrected chi connectivity index (χ3v) is 3.90. The highest BCUT2D eigenvalue weighted by molar-refractivity contribution is 9.10. The van der Waals surface area contributed by atoms with Crippen LogP contribution in [0, 0.1) is 0 Å². The van der Waals surface area contributed by atoms with Crippen LogP contribution in [0.3, 0.4) is 0 Å². The van der Waals surface area contributed by atoms with Gasteiger partial charge in [0.2, 0.25) is 0 Å². The van der Waals surface area contributed by atoms with Crippen LogP contribution >= 0.6 is 15.9 Å². The Labute approximate surface area is 133 Å². The Morgan fingerprint density at radius 2 is 2.27 bits per heavy atom. The van der Waals surface area contributed by atoms with Gasteiger partial charge in [-0.1, -0.05) is 15.9 Å². The van der Waals surface area contributed by atoms with E-state index in [4.69, 9.17) is 9.47 Å². The average molecular weight is 369 g/mol. The maximum atomic E-state index is 12.2. The molecule has 1 aromatic heterocycles. The number of aromatic amines is 1. The second kappa shape index (κ2) is 5.60. The predicted octanol–water partition coefficient (Wildman–Crippen LogP) is 1.34. The molecule has 1 aliphatic heterocycles. The van der Waals surface area contributed by atoms with Gasteiger partial charge in [-0.3, -0.25) is 19.0 Å². The number of carbonyl (C=O) groups is 1. The zero-order valence-electron chi connectivity index (χ0n) is 11.7. The van der Waals surface area contributed by atoms with E-state index in [-0.39, 0.29) is 19.6 Å². The van der Waals surface area contributed by atoms with Gasteiger partial charge in [-0.05, 0) is 19.1 Å². The molecule has 1 atom stereocenters. The summed E-state index contributed by atoms with van der Waals surface area (Å²) in [7, 11) is 0. The molecule has 0 bridgehead atoms. The van der Waals surface area contributed by atoms with Crippen molar-refractivity contribution in [2.24, 2.45) is 0 Å². The lowest BCUT2D eigenvalue weighted by Gasteiger charge is -2.27. The highest BCUT2D eigenvalue weighted by Crippen LogP contribution is 2.33. The van der Waals surface area contributed by atoms with Crippen LogP contribution in [-0.4, -0.2) is 28.7 Å². The molecule has 0 spiro atoms. The summed E-state index contributed by atoms with van der Waals surface area (Å²) in [5, 5.41) is 0. The van der Waals surface area contributed by atoms with Crippen molar-refractivity contribution in [3.63, 3.8) is 0 Å². The van der Waals surface area contributed by atoms with Crippen LogP contribution in [-0.2, 0) is 9.53 Å². The second-order valence-corrected chi connectivity index (χ2v) is 5.82. The standard InChI is InChI=1S/C14H13BrN2O5/c1-2-21-11(18)5-8-6-22-10-4-7(15)3-9-12(10)17(8)14(20)13(19)16-9/h3-4,8H,2,5-6H2,1H3,(H,16,19). The normalized spacial score (nSPS) is 16.4. The molecule has 22 heavy (non-hydrogen) atoms. The molecule has 3 rings (SSSR count). The van der Waals surface area contributed by atoms with Crippen molar-refractivity contribution >= 4 is 32.9 Å². The van der Waals surface area contributed by atoms with Crippen LogP contribution in [0.4, 0.5) is 0 Å². The molecule has 1 aliphatic rings. The molecule has 116 valence electrons. The first-order valence-corrected chi connectivity index (χ1v) is 7.57. The van der Waals surface area contributed by atoms with E-state index >= 15 is 0 Å². The van der Waals surface area contributed by atoms with Gasteiger partial charge < -0.3 is 14.5 Å². The third-order valence-electron chi connectivity index (χ3n) is 3.45. The predicted molar refractivity (Wildman–Crippen MR) is 82.3 cm³/mol. The maximum Gasteiger partial charge on any atom is 0.317 e. The summed E-state index contributed by atoms with van der Waals surface area (Å²) in [6.45, 7) is 2.09. The highest BCUT2D eigenvalue weighted by atomic mass is 79.9. The van der Waals surface area contributed by atoms with Crippen molar-refractivity contribution in [2.45, 2.75) is 19.4 Å². The Morgan fingerprint density at radius 1 is 1.50 bits per heavy atom. The Balaban J connectivity index is 2.20. The number of nitrogens with zero attached hydrogens (tertiary/aromatic N) is 1. The van der Waals surface area contributed by atoms with E-state index in [1.54, 1.807) is 19.1 Å². The molecule has 2 heterocycles. The lowest BCUT2D eigenvalue weighted by atomic mass is 10.1. The largest absolute Gasteiger partial charge is 0.489 e. The van der Waals surface area contributed by atoms with Crippen molar-refractivity contribution in [3.8, 4) is 5.75 Å². The van der Waals surface area contributed by atoms with Gasteiger partial charge >= 0.3 is 17.1 Å². The molecule has 1 aromatic carbocycles. The van der Waals surface area contributed by atoms with Gasteiger partial charge in [-0.25, -0.2) is 0 Å². The number of H-pyrrole nitrogens is 1. The van der Waals surface area contributed by atoms with E-state index < -0.39 is 23.1 Å². The van der Waals surface area contributed by atoms with Crippen LogP contribution in [0.2, 0.25) is 0 Å². The molecule has 1 unspecified atom stereocenters. The Kier molecular flexibility index (Phi) is 3.78. The quantitative estimate of drug-likeness (QED) is 0.652. The molecule has 8 heteroatoms. The van der Waals surface area contributed by atoms with E-state index in [9.17, 15) is 14.4 Å². The molecule has 0 fully saturated rings. The number of nitrogens with one attached hydrogen (secondary N) is 1. The van der Waals surface area contributed by atoms with Crippen molar-refractivity contribution in [3.05, 3.63) is 37.3 Å². The minimum atomic E-state index is -0.729. The van der Waals surface area contributed by atoms with E-state index in [1.165, 1.54) is 4.57 Å². The fourth-order valence-corrected chi connectivity index (χ4v) is 3.02. The third kappa shape index (κ3) is 2.43.